The summed E-state index contributed by atoms with van der Waals surface area (Å²) in [5.74, 6) is -1.08. The van der Waals surface area contributed by atoms with Gasteiger partial charge in [0, 0.05) is 0 Å². The largest absolute Gasteiger partial charge is 0.478 e. The monoisotopic (exact) mass is 276 g/mol. The lowest BCUT2D eigenvalue weighted by Crippen LogP contribution is -2.04. The van der Waals surface area contributed by atoms with Gasteiger partial charge in [0.1, 0.15) is 11.4 Å². The van der Waals surface area contributed by atoms with Gasteiger partial charge < -0.3 is 5.11 Å². The smallest absolute Gasteiger partial charge is 0.339 e. The summed E-state index contributed by atoms with van der Waals surface area (Å²) in [6.45, 7) is 5.69. The van der Waals surface area contributed by atoms with Crippen LogP contribution in [0, 0.1) is 18.7 Å². The summed E-state index contributed by atoms with van der Waals surface area (Å²) >= 11 is 0. The molecule has 0 spiro atoms. The molecule has 0 aliphatic carbocycles. The summed E-state index contributed by atoms with van der Waals surface area (Å²) in [4.78, 5) is 11.4. The molecule has 0 saturated carbocycles. The van der Waals surface area contributed by atoms with E-state index in [-0.39, 0.29) is 11.4 Å². The first-order valence-electron chi connectivity index (χ1n) is 6.48. The van der Waals surface area contributed by atoms with Gasteiger partial charge in [0.15, 0.2) is 0 Å². The van der Waals surface area contributed by atoms with Crippen LogP contribution in [0.5, 0.6) is 0 Å². The van der Waals surface area contributed by atoms with Crippen LogP contribution in [0.1, 0.15) is 35.6 Å². The summed E-state index contributed by atoms with van der Waals surface area (Å²) < 4.78 is 14.8. The van der Waals surface area contributed by atoms with Crippen molar-refractivity contribution in [2.24, 2.45) is 5.92 Å². The van der Waals surface area contributed by atoms with Crippen molar-refractivity contribution in [1.29, 1.82) is 0 Å². The molecule has 5 heteroatoms. The van der Waals surface area contributed by atoms with Crippen molar-refractivity contribution in [3.05, 3.63) is 47.0 Å². The standard InChI is InChI=1S/C15H17FN2O2/c1-9(2)7-13-14(15(19)20)10(3)18(17-13)12-6-4-5-11(16)8-12/h4-6,8-9H,7H2,1-3H3,(H,19,20). The second-order valence-electron chi connectivity index (χ2n) is 5.20. The van der Waals surface area contributed by atoms with Crippen molar-refractivity contribution in [3.63, 3.8) is 0 Å². The number of aromatic nitrogens is 2. The minimum Gasteiger partial charge on any atom is -0.478 e. The highest BCUT2D eigenvalue weighted by Gasteiger charge is 2.21. The van der Waals surface area contributed by atoms with Crippen LogP contribution in [-0.2, 0) is 6.42 Å². The first-order valence-corrected chi connectivity index (χ1v) is 6.48. The Bertz CT molecular complexity index is 647. The van der Waals surface area contributed by atoms with E-state index >= 15 is 0 Å². The summed E-state index contributed by atoms with van der Waals surface area (Å²) in [6, 6.07) is 5.96. The molecule has 0 aliphatic rings. The molecule has 0 saturated heterocycles. The van der Waals surface area contributed by atoms with Crippen LogP contribution >= 0.6 is 0 Å². The SMILES string of the molecule is Cc1c(C(=O)O)c(CC(C)C)nn1-c1cccc(F)c1. The lowest BCUT2D eigenvalue weighted by atomic mass is 10.0. The predicted octanol–water partition coefficient (Wildman–Crippen LogP) is 3.22. The number of carboxylic acids is 1. The average molecular weight is 276 g/mol. The molecule has 2 aromatic rings. The minimum absolute atomic E-state index is 0.211. The molecule has 2 rings (SSSR count). The van der Waals surface area contributed by atoms with Gasteiger partial charge in [0.05, 0.1) is 17.1 Å². The molecule has 1 heterocycles. The Morgan fingerprint density at radius 2 is 2.15 bits per heavy atom. The first kappa shape index (κ1) is 14.2. The Hall–Kier alpha value is -2.17. The molecule has 20 heavy (non-hydrogen) atoms. The van der Waals surface area contributed by atoms with Crippen molar-refractivity contribution >= 4 is 5.97 Å². The molecule has 1 aromatic heterocycles. The van der Waals surface area contributed by atoms with Crippen molar-refractivity contribution in [3.8, 4) is 5.69 Å². The average Bonchev–Trinajstić information content (AvgIpc) is 2.65. The first-order chi connectivity index (χ1) is 9.40. The maximum atomic E-state index is 13.3. The molecule has 0 bridgehead atoms. The Morgan fingerprint density at radius 3 is 2.70 bits per heavy atom. The van der Waals surface area contributed by atoms with Crippen molar-refractivity contribution in [2.45, 2.75) is 27.2 Å². The molecule has 4 nitrogen and oxygen atoms in total. The predicted molar refractivity (Wildman–Crippen MR) is 73.8 cm³/mol. The zero-order valence-electron chi connectivity index (χ0n) is 11.7. The molecule has 0 aliphatic heterocycles. The summed E-state index contributed by atoms with van der Waals surface area (Å²) in [5.41, 5.74) is 1.79. The quantitative estimate of drug-likeness (QED) is 0.932. The van der Waals surface area contributed by atoms with E-state index in [9.17, 15) is 14.3 Å². The van der Waals surface area contributed by atoms with E-state index in [0.717, 1.165) is 0 Å². The normalized spacial score (nSPS) is 11.1. The van der Waals surface area contributed by atoms with Gasteiger partial charge in [-0.3, -0.25) is 0 Å². The van der Waals surface area contributed by atoms with Crippen molar-refractivity contribution < 1.29 is 14.3 Å². The highest BCUT2D eigenvalue weighted by molar-refractivity contribution is 5.90. The Morgan fingerprint density at radius 1 is 1.45 bits per heavy atom. The number of hydrogen-bond acceptors (Lipinski definition) is 2. The molecule has 1 aromatic carbocycles. The van der Waals surface area contributed by atoms with Crippen molar-refractivity contribution in [2.75, 3.05) is 0 Å². The van der Waals surface area contributed by atoms with Gasteiger partial charge in [0.25, 0.3) is 0 Å². The van der Waals surface area contributed by atoms with E-state index in [4.69, 9.17) is 0 Å². The Labute approximate surface area is 116 Å². The maximum absolute atomic E-state index is 13.3. The van der Waals surface area contributed by atoms with Crippen molar-refractivity contribution in [1.82, 2.24) is 9.78 Å². The number of aromatic carboxylic acids is 1. The molecule has 0 amide bonds. The minimum atomic E-state index is -0.999. The lowest BCUT2D eigenvalue weighted by molar-refractivity contribution is 0.0694. The molecule has 0 radical (unpaired) electrons. The van der Waals surface area contributed by atoms with Gasteiger partial charge in [0.2, 0.25) is 0 Å². The van der Waals surface area contributed by atoms with Gasteiger partial charge >= 0.3 is 5.97 Å². The topological polar surface area (TPSA) is 55.1 Å². The lowest BCUT2D eigenvalue weighted by Gasteiger charge is -2.04. The molecule has 1 N–H and O–H groups in total. The summed E-state index contributed by atoms with van der Waals surface area (Å²) in [5, 5.41) is 13.7. The molecule has 106 valence electrons. The van der Waals surface area contributed by atoms with Gasteiger partial charge in [-0.1, -0.05) is 19.9 Å². The van der Waals surface area contributed by atoms with Crippen LogP contribution in [0.25, 0.3) is 5.69 Å². The van der Waals surface area contributed by atoms with Gasteiger partial charge in [-0.05, 0) is 37.5 Å². The number of hydrogen-bond donors (Lipinski definition) is 1. The highest BCUT2D eigenvalue weighted by Crippen LogP contribution is 2.21. The Balaban J connectivity index is 2.58. The third kappa shape index (κ3) is 2.71. The zero-order chi connectivity index (χ0) is 14.9. The number of carbonyl (C=O) groups is 1. The maximum Gasteiger partial charge on any atom is 0.339 e. The summed E-state index contributed by atoms with van der Waals surface area (Å²) in [7, 11) is 0. The second-order valence-corrected chi connectivity index (χ2v) is 5.20. The fourth-order valence-corrected chi connectivity index (χ4v) is 2.23. The molecule has 0 atom stereocenters. The fraction of sp³-hybridized carbons (Fsp3) is 0.333. The Kier molecular flexibility index (Phi) is 3.88. The van der Waals surface area contributed by atoms with Gasteiger partial charge in [-0.2, -0.15) is 5.10 Å². The number of halogens is 1. The van der Waals surface area contributed by atoms with E-state index in [1.54, 1.807) is 19.1 Å². The van der Waals surface area contributed by atoms with E-state index in [1.165, 1.54) is 16.8 Å². The van der Waals surface area contributed by atoms with Crippen LogP contribution < -0.4 is 0 Å². The number of carboxylic acid groups (broad SMARTS) is 1. The van der Waals surface area contributed by atoms with Crippen LogP contribution in [0.4, 0.5) is 4.39 Å². The van der Waals surface area contributed by atoms with E-state index < -0.39 is 5.97 Å². The van der Waals surface area contributed by atoms with E-state index in [0.29, 0.717) is 29.4 Å². The van der Waals surface area contributed by atoms with Crippen LogP contribution in [-0.4, -0.2) is 20.9 Å². The molecular formula is C15H17FN2O2. The third-order valence-corrected chi connectivity index (χ3v) is 3.06. The van der Waals surface area contributed by atoms with Crippen LogP contribution in [0.3, 0.4) is 0 Å². The number of nitrogens with zero attached hydrogens (tertiary/aromatic N) is 2. The van der Waals surface area contributed by atoms with Gasteiger partial charge in [-0.15, -0.1) is 0 Å². The van der Waals surface area contributed by atoms with Crippen LogP contribution in [0.15, 0.2) is 24.3 Å². The third-order valence-electron chi connectivity index (χ3n) is 3.06. The molecular weight excluding hydrogens is 259 g/mol. The van der Waals surface area contributed by atoms with Crippen LogP contribution in [0.2, 0.25) is 0 Å². The molecule has 0 fully saturated rings. The van der Waals surface area contributed by atoms with E-state index in [2.05, 4.69) is 5.10 Å². The fourth-order valence-electron chi connectivity index (χ4n) is 2.23. The zero-order valence-corrected chi connectivity index (χ0v) is 11.7. The van der Waals surface area contributed by atoms with E-state index in [1.807, 2.05) is 13.8 Å². The number of benzene rings is 1. The second kappa shape index (κ2) is 5.45. The highest BCUT2D eigenvalue weighted by atomic mass is 19.1. The number of rotatable bonds is 4. The molecule has 0 unspecified atom stereocenters. The van der Waals surface area contributed by atoms with Gasteiger partial charge in [-0.25, -0.2) is 13.9 Å². The summed E-state index contributed by atoms with van der Waals surface area (Å²) in [6.07, 6.45) is 0.574.